The van der Waals surface area contributed by atoms with Gasteiger partial charge in [-0.3, -0.25) is 0 Å². The summed E-state index contributed by atoms with van der Waals surface area (Å²) in [6, 6.07) is 37.7. The van der Waals surface area contributed by atoms with Crippen molar-refractivity contribution in [3.63, 3.8) is 0 Å². The van der Waals surface area contributed by atoms with Gasteiger partial charge in [0.25, 0.3) is 0 Å². The van der Waals surface area contributed by atoms with Crippen molar-refractivity contribution in [1.82, 2.24) is 0 Å². The van der Waals surface area contributed by atoms with Crippen LogP contribution in [0.1, 0.15) is 456 Å². The summed E-state index contributed by atoms with van der Waals surface area (Å²) in [6.07, 6.45) is 43.3. The summed E-state index contributed by atoms with van der Waals surface area (Å²) >= 11 is 0. The molecule has 0 heterocycles. The number of hydrogen-bond acceptors (Lipinski definition) is 6. The second-order valence-electron chi connectivity index (χ2n) is 40.2. The lowest BCUT2D eigenvalue weighted by atomic mass is 10.1. The van der Waals surface area contributed by atoms with Gasteiger partial charge in [0, 0.05) is 106 Å². The van der Waals surface area contributed by atoms with E-state index in [1.807, 2.05) is 24.3 Å². The normalized spacial score (nSPS) is 10.9. The van der Waals surface area contributed by atoms with E-state index >= 15 is 0 Å². The van der Waals surface area contributed by atoms with Gasteiger partial charge < -0.3 is 28.4 Å². The summed E-state index contributed by atoms with van der Waals surface area (Å²) in [5, 5.41) is 0. The van der Waals surface area contributed by atoms with Crippen LogP contribution in [-0.4, -0.2) is 55.8 Å². The Morgan fingerprint density at radius 1 is 0.164 bits per heavy atom. The van der Waals surface area contributed by atoms with Crippen molar-refractivity contribution < 1.29 is 28.4 Å². The summed E-state index contributed by atoms with van der Waals surface area (Å²) in [5.41, 5.74) is 27.2. The lowest BCUT2D eigenvalue weighted by Crippen LogP contribution is -2.43. The van der Waals surface area contributed by atoms with Crippen LogP contribution in [0, 0.1) is 141 Å². The molecule has 0 saturated carbocycles. The van der Waals surface area contributed by atoms with Gasteiger partial charge >= 0.3 is 0 Å². The first-order valence-corrected chi connectivity index (χ1v) is 59.1. The second kappa shape index (κ2) is 73.3. The largest absolute Gasteiger partial charge is 0.377 e. The van der Waals surface area contributed by atoms with E-state index in [4.69, 9.17) is 28.4 Å². The minimum atomic E-state index is -1.99. The highest BCUT2D eigenvalue weighted by molar-refractivity contribution is 6.91. The van der Waals surface area contributed by atoms with Crippen molar-refractivity contribution in [2.24, 2.45) is 0 Å². The summed E-state index contributed by atoms with van der Waals surface area (Å²) in [5.74, 6) is 73.2. The van der Waals surface area contributed by atoms with Crippen molar-refractivity contribution in [2.75, 3.05) is 39.6 Å². The molecular weight excluding hydrogens is 1740 g/mol. The van der Waals surface area contributed by atoms with E-state index in [1.54, 1.807) is 0 Å². The van der Waals surface area contributed by atoms with Crippen LogP contribution in [0.15, 0.2) is 109 Å². The van der Waals surface area contributed by atoms with E-state index < -0.39 is 16.1 Å². The molecule has 0 radical (unpaired) electrons. The Hall–Kier alpha value is -9.77. The summed E-state index contributed by atoms with van der Waals surface area (Å²) < 4.78 is 37.9. The van der Waals surface area contributed by atoms with Gasteiger partial charge in [0.05, 0.1) is 39.6 Å². The molecule has 8 heteroatoms. The second-order valence-corrected chi connectivity index (χ2v) is 51.4. The molecule has 0 saturated heterocycles. The van der Waals surface area contributed by atoms with Crippen molar-refractivity contribution in [3.8, 4) is 141 Å². The molecule has 140 heavy (non-hydrogen) atoms. The Balaban J connectivity index is 1.36. The third kappa shape index (κ3) is 49.3. The minimum absolute atomic E-state index is 0.433. The zero-order valence-corrected chi connectivity index (χ0v) is 92.2. The van der Waals surface area contributed by atoms with Crippen molar-refractivity contribution in [2.45, 2.75) is 429 Å². The molecular formula is C132H174O6Si2. The molecule has 0 fully saturated rings. The molecule has 0 aliphatic heterocycles. The highest BCUT2D eigenvalue weighted by atomic mass is 28.3. The van der Waals surface area contributed by atoms with Crippen LogP contribution in [0.3, 0.4) is 0 Å². The fourth-order valence-corrected chi connectivity index (χ4v) is 29.3. The number of benzene rings is 6. The van der Waals surface area contributed by atoms with E-state index in [0.29, 0.717) is 99.3 Å². The lowest BCUT2D eigenvalue weighted by Gasteiger charge is -2.38. The van der Waals surface area contributed by atoms with Crippen molar-refractivity contribution >= 4 is 16.1 Å². The van der Waals surface area contributed by atoms with Crippen LogP contribution in [0.5, 0.6) is 0 Å². The van der Waals surface area contributed by atoms with Crippen molar-refractivity contribution in [3.05, 3.63) is 209 Å². The first-order chi connectivity index (χ1) is 68.2. The van der Waals surface area contributed by atoms with E-state index in [0.717, 1.165) is 178 Å². The van der Waals surface area contributed by atoms with Gasteiger partial charge in [0.1, 0.15) is 16.1 Å². The van der Waals surface area contributed by atoms with Crippen LogP contribution in [-0.2, 0) is 68.1 Å². The molecule has 0 aromatic heterocycles. The van der Waals surface area contributed by atoms with E-state index in [1.165, 1.54) is 167 Å². The Morgan fingerprint density at radius 3 is 0.414 bits per heavy atom. The van der Waals surface area contributed by atoms with Gasteiger partial charge in [-0.2, -0.15) is 0 Å². The van der Waals surface area contributed by atoms with Gasteiger partial charge in [-0.1, -0.05) is 388 Å². The molecule has 746 valence electrons. The molecule has 0 amide bonds. The van der Waals surface area contributed by atoms with Crippen LogP contribution in [0.25, 0.3) is 0 Å². The zero-order chi connectivity index (χ0) is 101. The van der Waals surface area contributed by atoms with Crippen molar-refractivity contribution in [1.29, 1.82) is 0 Å². The third-order valence-electron chi connectivity index (χ3n) is 26.4. The summed E-state index contributed by atoms with van der Waals surface area (Å²) in [7, 11) is -3.98. The van der Waals surface area contributed by atoms with Gasteiger partial charge in [-0.15, -0.1) is 11.1 Å². The summed E-state index contributed by atoms with van der Waals surface area (Å²) in [4.78, 5) is 0. The maximum absolute atomic E-state index is 6.34. The topological polar surface area (TPSA) is 55.4 Å². The fourth-order valence-electron chi connectivity index (χ4n) is 18.8. The zero-order valence-electron chi connectivity index (χ0n) is 90.2. The van der Waals surface area contributed by atoms with E-state index in [-0.39, 0.29) is 0 Å². The first kappa shape index (κ1) is 119. The molecule has 6 aromatic rings. The molecule has 0 spiro atoms. The third-order valence-corrected chi connectivity index (χ3v) is 39.0. The number of ether oxygens (including phenoxy) is 6. The summed E-state index contributed by atoms with van der Waals surface area (Å²) in [6.45, 7) is 49.0. The predicted molar refractivity (Wildman–Crippen MR) is 601 cm³/mol. The van der Waals surface area contributed by atoms with Gasteiger partial charge in [0.15, 0.2) is 0 Å². The molecule has 6 rings (SSSR count). The molecule has 0 aliphatic rings. The van der Waals surface area contributed by atoms with Gasteiger partial charge in [-0.25, -0.2) is 0 Å². The number of hydrogen-bond donors (Lipinski definition) is 0. The van der Waals surface area contributed by atoms with Gasteiger partial charge in [-0.05, 0) is 274 Å². The Labute approximate surface area is 857 Å². The van der Waals surface area contributed by atoms with Crippen LogP contribution < -0.4 is 0 Å². The SMILES string of the molecule is CCCCCCCCOCc1cc(C#CC#Cc2cc(C#CC#Cc3cc(C#CC#Cc4cc(C#C[Si](C(C)C)(C(C)C)C(C)C)cc(COCCCCCCCC)c4)cc(COCCCCCCCC)c3)cc(COCCCCCCCC)c2)cc(C#CC#Cc2cc(C#CC#Cc3cc(C#C[Si](C(C)C)(C(C)C)C(C)C)cc(COCCCCCCCC)c3)cc(COCCCCCCCC)c2)c1. The van der Waals surface area contributed by atoms with Crippen LogP contribution >= 0.6 is 0 Å². The molecule has 6 aromatic carbocycles. The molecule has 0 aliphatic carbocycles. The average Bonchev–Trinajstić information content (AvgIpc) is 0.801. The minimum Gasteiger partial charge on any atom is -0.377 e. The van der Waals surface area contributed by atoms with Crippen LogP contribution in [0.4, 0.5) is 0 Å². The van der Waals surface area contributed by atoms with E-state index in [9.17, 15) is 0 Å². The average molecular weight is 1910 g/mol. The Bertz CT molecular complexity index is 5100. The highest BCUT2D eigenvalue weighted by Crippen LogP contribution is 2.42. The molecule has 0 N–H and O–H groups in total. The quantitative estimate of drug-likeness (QED) is 0.0215. The monoisotopic (exact) mass is 1910 g/mol. The highest BCUT2D eigenvalue weighted by Gasteiger charge is 2.43. The lowest BCUT2D eigenvalue weighted by molar-refractivity contribution is 0.116. The molecule has 0 atom stereocenters. The smallest absolute Gasteiger partial charge is 0.146 e. The Kier molecular flexibility index (Phi) is 62.3. The van der Waals surface area contributed by atoms with Gasteiger partial charge in [0.2, 0.25) is 0 Å². The number of unbranched alkanes of at least 4 members (excludes halogenated alkanes) is 30. The standard InChI is InChI=1S/C132H174O6Si2/c1-19-25-31-37-43-59-77-133-103-127-91-115(85-117(93-127)67-51-53-69-119-87-121(97-129(95-119)105-135-79-61-45-39-33-27-21-3)71-55-57-73-123-89-125(75-83-139(109(7)8,110(9)10)111(11)12)101-131(99-123)107-137-81-63-47-41-35-29-23-5)65-49-50-66-116-86-118(94-128(92-116)104-134-78-60-44-38-32-26-20-2)68-52-54-70-120-88-122(98-130(96-120)106-136-80-62-46-40-34-28-22-4)72-56-58-74-124-90-126(76-84-140(112(13)14,113(15)16)114(17)18)102-132(100-124)108-138-82-64-48-42-36-30-24-6/h85-102,109-114H,19-48,59-64,77-82,103-108H2,1-18H3. The molecule has 0 bridgehead atoms. The van der Waals surface area contributed by atoms with E-state index in [2.05, 4.69) is 351 Å². The maximum atomic E-state index is 6.34. The molecule has 6 nitrogen and oxygen atoms in total. The maximum Gasteiger partial charge on any atom is 0.146 e. The molecule has 0 unspecified atom stereocenters. The fraction of sp³-hybridized carbons (Fsp3) is 0.545. The Morgan fingerprint density at radius 2 is 0.286 bits per heavy atom. The number of rotatable bonds is 60. The first-order valence-electron chi connectivity index (χ1n) is 54.6. The van der Waals surface area contributed by atoms with Crippen LogP contribution in [0.2, 0.25) is 33.2 Å². The predicted octanol–water partition coefficient (Wildman–Crippen LogP) is 33.1.